The number of likely N-dealkylation sites (tertiary alicyclic amines) is 1. The second-order valence-corrected chi connectivity index (χ2v) is 5.77. The summed E-state index contributed by atoms with van der Waals surface area (Å²) in [5, 5.41) is 0. The number of nitrogens with zero attached hydrogens (tertiary/aromatic N) is 1. The Morgan fingerprint density at radius 3 is 2.48 bits per heavy atom. The van der Waals surface area contributed by atoms with E-state index >= 15 is 0 Å². The van der Waals surface area contributed by atoms with E-state index in [2.05, 4.69) is 4.90 Å². The normalized spacial score (nSPS) is 16.1. The van der Waals surface area contributed by atoms with Crippen LogP contribution < -0.4 is 0 Å². The Labute approximate surface area is 125 Å². The Morgan fingerprint density at radius 1 is 1.00 bits per heavy atom. The smallest absolute Gasteiger partial charge is 0.162 e. The van der Waals surface area contributed by atoms with Crippen molar-refractivity contribution in [1.82, 2.24) is 4.90 Å². The van der Waals surface area contributed by atoms with Crippen LogP contribution in [0.1, 0.15) is 55.3 Å². The first-order valence-corrected chi connectivity index (χ1v) is 7.87. The molecule has 1 aliphatic rings. The van der Waals surface area contributed by atoms with Crippen molar-refractivity contribution in [3.63, 3.8) is 0 Å². The van der Waals surface area contributed by atoms with Crippen molar-refractivity contribution >= 4 is 5.78 Å². The number of benzene rings is 1. The quantitative estimate of drug-likeness (QED) is 0.555. The SMILES string of the molecule is O=C(CCCCCN1CCCCC1)c1ccc(F)c(F)c1. The van der Waals surface area contributed by atoms with Gasteiger partial charge in [-0.3, -0.25) is 4.79 Å². The average Bonchev–Trinajstić information content (AvgIpc) is 2.50. The third-order valence-electron chi connectivity index (χ3n) is 4.07. The summed E-state index contributed by atoms with van der Waals surface area (Å²) in [5.41, 5.74) is 0.268. The lowest BCUT2D eigenvalue weighted by atomic mass is 10.0. The molecule has 0 atom stereocenters. The summed E-state index contributed by atoms with van der Waals surface area (Å²) in [7, 11) is 0. The van der Waals surface area contributed by atoms with Crippen molar-refractivity contribution in [3.8, 4) is 0 Å². The number of hydrogen-bond acceptors (Lipinski definition) is 2. The molecule has 1 heterocycles. The first kappa shape index (κ1) is 16.1. The molecule has 0 spiro atoms. The van der Waals surface area contributed by atoms with Gasteiger partial charge in [-0.05, 0) is 63.5 Å². The number of piperidine rings is 1. The second kappa shape index (κ2) is 8.23. The third-order valence-corrected chi connectivity index (χ3v) is 4.07. The fourth-order valence-corrected chi connectivity index (χ4v) is 2.79. The van der Waals surface area contributed by atoms with E-state index < -0.39 is 11.6 Å². The summed E-state index contributed by atoms with van der Waals surface area (Å²) in [6.07, 6.45) is 7.27. The molecule has 0 bridgehead atoms. The zero-order chi connectivity index (χ0) is 15.1. The maximum absolute atomic E-state index is 13.1. The van der Waals surface area contributed by atoms with E-state index in [0.717, 1.165) is 37.9 Å². The van der Waals surface area contributed by atoms with Gasteiger partial charge in [0.15, 0.2) is 17.4 Å². The zero-order valence-electron chi connectivity index (χ0n) is 12.4. The molecule has 4 heteroatoms. The summed E-state index contributed by atoms with van der Waals surface area (Å²) < 4.78 is 25.9. The van der Waals surface area contributed by atoms with Crippen molar-refractivity contribution in [2.45, 2.75) is 44.9 Å². The summed E-state index contributed by atoms with van der Waals surface area (Å²) in [4.78, 5) is 14.4. The molecular formula is C17H23F2NO. The van der Waals surface area contributed by atoms with Crippen molar-refractivity contribution in [2.24, 2.45) is 0 Å². The highest BCUT2D eigenvalue weighted by Gasteiger charge is 2.11. The van der Waals surface area contributed by atoms with Gasteiger partial charge in [-0.25, -0.2) is 8.78 Å². The van der Waals surface area contributed by atoms with Crippen LogP contribution >= 0.6 is 0 Å². The zero-order valence-corrected chi connectivity index (χ0v) is 12.4. The predicted molar refractivity (Wildman–Crippen MR) is 79.4 cm³/mol. The van der Waals surface area contributed by atoms with Crippen molar-refractivity contribution in [2.75, 3.05) is 19.6 Å². The van der Waals surface area contributed by atoms with Gasteiger partial charge < -0.3 is 4.90 Å². The van der Waals surface area contributed by atoms with E-state index in [-0.39, 0.29) is 11.3 Å². The standard InChI is InChI=1S/C17H23F2NO/c18-15-9-8-14(13-16(15)19)17(21)7-3-1-4-10-20-11-5-2-6-12-20/h8-9,13H,1-7,10-12H2. The van der Waals surface area contributed by atoms with Crippen LogP contribution in [0.2, 0.25) is 0 Å². The van der Waals surface area contributed by atoms with E-state index in [4.69, 9.17) is 0 Å². The van der Waals surface area contributed by atoms with Crippen LogP contribution in [0, 0.1) is 11.6 Å². The number of Topliss-reactive ketones (excluding diaryl/α,β-unsaturated/α-hetero) is 1. The van der Waals surface area contributed by atoms with E-state index in [1.54, 1.807) is 0 Å². The van der Waals surface area contributed by atoms with Crippen molar-refractivity contribution in [3.05, 3.63) is 35.4 Å². The number of unbranched alkanes of at least 4 members (excludes halogenated alkanes) is 2. The highest BCUT2D eigenvalue weighted by atomic mass is 19.2. The Balaban J connectivity index is 1.63. The lowest BCUT2D eigenvalue weighted by Crippen LogP contribution is -2.30. The fourth-order valence-electron chi connectivity index (χ4n) is 2.79. The van der Waals surface area contributed by atoms with Crippen LogP contribution in [0.4, 0.5) is 8.78 Å². The molecule has 0 aromatic heterocycles. The molecule has 0 radical (unpaired) electrons. The number of rotatable bonds is 7. The summed E-state index contributed by atoms with van der Waals surface area (Å²) in [6, 6.07) is 3.36. The first-order valence-electron chi connectivity index (χ1n) is 7.87. The summed E-state index contributed by atoms with van der Waals surface area (Å²) in [5.74, 6) is -1.97. The molecule has 2 nitrogen and oxygen atoms in total. The summed E-state index contributed by atoms with van der Waals surface area (Å²) >= 11 is 0. The molecule has 1 fully saturated rings. The van der Waals surface area contributed by atoms with Gasteiger partial charge in [0, 0.05) is 12.0 Å². The molecular weight excluding hydrogens is 272 g/mol. The topological polar surface area (TPSA) is 20.3 Å². The Morgan fingerprint density at radius 2 is 1.76 bits per heavy atom. The lowest BCUT2D eigenvalue weighted by molar-refractivity contribution is 0.0978. The predicted octanol–water partition coefficient (Wildman–Crippen LogP) is 4.19. The molecule has 1 saturated heterocycles. The van der Waals surface area contributed by atoms with Gasteiger partial charge in [-0.15, -0.1) is 0 Å². The van der Waals surface area contributed by atoms with Gasteiger partial charge in [0.25, 0.3) is 0 Å². The van der Waals surface area contributed by atoms with Gasteiger partial charge in [0.1, 0.15) is 0 Å². The lowest BCUT2D eigenvalue weighted by Gasteiger charge is -2.26. The van der Waals surface area contributed by atoms with E-state index in [1.165, 1.54) is 38.4 Å². The minimum atomic E-state index is -0.953. The van der Waals surface area contributed by atoms with Gasteiger partial charge in [0.05, 0.1) is 0 Å². The third kappa shape index (κ3) is 5.20. The Kier molecular flexibility index (Phi) is 6.30. The van der Waals surface area contributed by atoms with Crippen molar-refractivity contribution < 1.29 is 13.6 Å². The maximum Gasteiger partial charge on any atom is 0.162 e. The molecule has 1 aliphatic heterocycles. The molecule has 116 valence electrons. The van der Waals surface area contributed by atoms with E-state index in [9.17, 15) is 13.6 Å². The summed E-state index contributed by atoms with van der Waals surface area (Å²) in [6.45, 7) is 3.51. The molecule has 1 aromatic rings. The van der Waals surface area contributed by atoms with Gasteiger partial charge >= 0.3 is 0 Å². The maximum atomic E-state index is 13.1. The number of carbonyl (C=O) groups excluding carboxylic acids is 1. The molecule has 0 unspecified atom stereocenters. The fraction of sp³-hybridized carbons (Fsp3) is 0.588. The Hall–Kier alpha value is -1.29. The number of carbonyl (C=O) groups is 1. The van der Waals surface area contributed by atoms with Crippen LogP contribution in [-0.2, 0) is 0 Å². The molecule has 2 rings (SSSR count). The first-order chi connectivity index (χ1) is 10.2. The van der Waals surface area contributed by atoms with E-state index in [0.29, 0.717) is 6.42 Å². The van der Waals surface area contributed by atoms with Crippen molar-refractivity contribution in [1.29, 1.82) is 0 Å². The van der Waals surface area contributed by atoms with Gasteiger partial charge in [-0.1, -0.05) is 12.8 Å². The van der Waals surface area contributed by atoms with Crippen LogP contribution in [0.5, 0.6) is 0 Å². The van der Waals surface area contributed by atoms with Gasteiger partial charge in [-0.2, -0.15) is 0 Å². The van der Waals surface area contributed by atoms with Crippen LogP contribution in [0.3, 0.4) is 0 Å². The van der Waals surface area contributed by atoms with Gasteiger partial charge in [0.2, 0.25) is 0 Å². The number of halogens is 2. The minimum absolute atomic E-state index is 0.105. The van der Waals surface area contributed by atoms with E-state index in [1.807, 2.05) is 0 Å². The highest BCUT2D eigenvalue weighted by molar-refractivity contribution is 5.95. The van der Waals surface area contributed by atoms with Crippen LogP contribution in [0.15, 0.2) is 18.2 Å². The highest BCUT2D eigenvalue weighted by Crippen LogP contribution is 2.14. The molecule has 0 saturated carbocycles. The molecule has 0 amide bonds. The minimum Gasteiger partial charge on any atom is -0.303 e. The number of ketones is 1. The molecule has 0 N–H and O–H groups in total. The van der Waals surface area contributed by atoms with Crippen LogP contribution in [-0.4, -0.2) is 30.3 Å². The molecule has 1 aromatic carbocycles. The molecule has 0 aliphatic carbocycles. The Bertz CT molecular complexity index is 470. The molecule has 21 heavy (non-hydrogen) atoms. The van der Waals surface area contributed by atoms with Crippen LogP contribution in [0.25, 0.3) is 0 Å². The largest absolute Gasteiger partial charge is 0.303 e. The number of hydrogen-bond donors (Lipinski definition) is 0. The second-order valence-electron chi connectivity index (χ2n) is 5.77. The monoisotopic (exact) mass is 295 g/mol. The average molecular weight is 295 g/mol.